The van der Waals surface area contributed by atoms with E-state index < -0.39 is 0 Å². The van der Waals surface area contributed by atoms with E-state index in [9.17, 15) is 0 Å². The van der Waals surface area contributed by atoms with Gasteiger partial charge in [-0.1, -0.05) is 0 Å². The molecule has 0 fully saturated rings. The van der Waals surface area contributed by atoms with Gasteiger partial charge in [0, 0.05) is 0 Å². The number of fused-ring (bicyclic) bond motifs is 3. The van der Waals surface area contributed by atoms with Crippen molar-refractivity contribution >= 4 is 0 Å². The fourth-order valence-corrected chi connectivity index (χ4v) is 7.17. The third kappa shape index (κ3) is 5.58. The third-order valence-electron chi connectivity index (χ3n) is 7.83. The molecule has 2 aromatic rings. The minimum Gasteiger partial charge on any atom is -1.00 e. The van der Waals surface area contributed by atoms with E-state index >= 15 is 0 Å². The molecule has 3 heteroatoms. The van der Waals surface area contributed by atoms with Crippen LogP contribution in [0.15, 0.2) is 67.5 Å². The fraction of sp³-hybridized carbons (Fsp3) is 0.471. The molecule has 2 aliphatic rings. The largest absolute Gasteiger partial charge is 1.00 e. The number of allylic oxidation sites excluding steroid dienone is 6. The normalized spacial score (nSPS) is 16.0. The van der Waals surface area contributed by atoms with Crippen molar-refractivity contribution in [3.05, 3.63) is 89.8 Å². The molecule has 0 atom stereocenters. The molecule has 197 valence electrons. The van der Waals surface area contributed by atoms with Crippen molar-refractivity contribution in [3.8, 4) is 11.1 Å². The molecule has 37 heavy (non-hydrogen) atoms. The minimum atomic E-state index is 0. The van der Waals surface area contributed by atoms with Gasteiger partial charge in [0.25, 0.3) is 0 Å². The van der Waals surface area contributed by atoms with Gasteiger partial charge in [-0.25, -0.2) is 0 Å². The van der Waals surface area contributed by atoms with E-state index in [1.54, 1.807) is 14.4 Å². The predicted molar refractivity (Wildman–Crippen MR) is 149 cm³/mol. The first-order valence-electron chi connectivity index (χ1n) is 13.1. The van der Waals surface area contributed by atoms with Crippen LogP contribution in [0.3, 0.4) is 0 Å². The number of halogens is 2. The zero-order valence-electron chi connectivity index (χ0n) is 24.8. The summed E-state index contributed by atoms with van der Waals surface area (Å²) in [4.78, 5) is 0. The Morgan fingerprint density at radius 2 is 1.08 bits per heavy atom. The number of rotatable bonds is 1. The van der Waals surface area contributed by atoms with Gasteiger partial charge < -0.3 is 24.8 Å². The van der Waals surface area contributed by atoms with Crippen LogP contribution in [0.5, 0.6) is 0 Å². The zero-order valence-corrected chi connectivity index (χ0v) is 28.8. The Hall–Kier alpha value is -0.877. The van der Waals surface area contributed by atoms with Gasteiger partial charge in [0.15, 0.2) is 0 Å². The van der Waals surface area contributed by atoms with Crippen molar-refractivity contribution < 1.29 is 49.5 Å². The molecular formula is C34H43Cl2Zr. The van der Waals surface area contributed by atoms with Crippen LogP contribution in [-0.2, 0) is 35.5 Å². The van der Waals surface area contributed by atoms with E-state index in [0.717, 1.165) is 0 Å². The topological polar surface area (TPSA) is 0 Å². The molecular weight excluding hydrogens is 571 g/mol. The smallest absolute Gasteiger partial charge is 1.00 e. The molecule has 0 saturated carbocycles. The van der Waals surface area contributed by atoms with Crippen molar-refractivity contribution in [2.24, 2.45) is 5.41 Å². The second-order valence-corrected chi connectivity index (χ2v) is 15.2. The van der Waals surface area contributed by atoms with Crippen LogP contribution >= 0.6 is 0 Å². The maximum absolute atomic E-state index is 2.53. The van der Waals surface area contributed by atoms with E-state index in [4.69, 9.17) is 0 Å². The number of hydrogen-bond acceptors (Lipinski definition) is 0. The summed E-state index contributed by atoms with van der Waals surface area (Å²) in [5.74, 6) is 0.283. The van der Waals surface area contributed by atoms with Gasteiger partial charge in [-0.05, 0) is 0 Å². The average molecular weight is 614 g/mol. The molecule has 2 aliphatic carbocycles. The second-order valence-electron chi connectivity index (χ2n) is 14.0. The molecule has 0 heterocycles. The van der Waals surface area contributed by atoms with Crippen molar-refractivity contribution in [2.75, 3.05) is 0 Å². The molecule has 0 nitrogen and oxygen atoms in total. The van der Waals surface area contributed by atoms with E-state index in [-0.39, 0.29) is 47.0 Å². The number of benzene rings is 2. The van der Waals surface area contributed by atoms with Crippen LogP contribution in [0.2, 0.25) is 0 Å². The minimum absolute atomic E-state index is 0. The Morgan fingerprint density at radius 1 is 0.676 bits per heavy atom. The molecule has 0 aromatic heterocycles. The van der Waals surface area contributed by atoms with Gasteiger partial charge in [-0.2, -0.15) is 0 Å². The Morgan fingerprint density at radius 3 is 1.41 bits per heavy atom. The first kappa shape index (κ1) is 32.3. The van der Waals surface area contributed by atoms with Crippen LogP contribution in [0.4, 0.5) is 0 Å². The van der Waals surface area contributed by atoms with E-state index in [1.807, 2.05) is 0 Å². The third-order valence-corrected chi connectivity index (χ3v) is 9.37. The van der Waals surface area contributed by atoms with Gasteiger partial charge in [-0.15, -0.1) is 0 Å². The quantitative estimate of drug-likeness (QED) is 0.458. The Balaban J connectivity index is 0.00000241. The van der Waals surface area contributed by atoms with Crippen molar-refractivity contribution in [1.29, 1.82) is 0 Å². The second kappa shape index (κ2) is 10.6. The van der Waals surface area contributed by atoms with E-state index in [0.29, 0.717) is 0 Å². The molecule has 0 unspecified atom stereocenters. The van der Waals surface area contributed by atoms with Gasteiger partial charge >= 0.3 is 231 Å². The summed E-state index contributed by atoms with van der Waals surface area (Å²) in [7, 11) is 0. The zero-order chi connectivity index (χ0) is 26.2. The predicted octanol–water partition coefficient (Wildman–Crippen LogP) is 3.92. The van der Waals surface area contributed by atoms with E-state index in [1.165, 1.54) is 74.8 Å². The fourth-order valence-electron chi connectivity index (χ4n) is 5.91. The molecule has 4 rings (SSSR count). The molecule has 0 spiro atoms. The standard InChI is InChI=1S/C34H43.2ClH.Zr/c1-20(2)26-17-21(3)29(31(26)34(10,11)12)30-27-18-22(32(4,5)6)13-15-24(27)25-16-14-23(19-28(25)30)33(7,8)9;;;/h13-16,18-19,30H,1-12H3;2*1H;/q;;;+2/p-2. The first-order chi connectivity index (χ1) is 15.9. The summed E-state index contributed by atoms with van der Waals surface area (Å²) in [6, 6.07) is 14.6. The van der Waals surface area contributed by atoms with Crippen molar-refractivity contribution in [3.63, 3.8) is 0 Å². The van der Waals surface area contributed by atoms with Crippen LogP contribution in [0, 0.1) is 5.41 Å². The maximum Gasteiger partial charge on any atom is -1.00 e. The van der Waals surface area contributed by atoms with Crippen molar-refractivity contribution in [1.82, 2.24) is 0 Å². The maximum atomic E-state index is 2.53. The molecule has 0 amide bonds. The van der Waals surface area contributed by atoms with Crippen LogP contribution in [-0.4, -0.2) is 0 Å². The first-order valence-corrected chi connectivity index (χ1v) is 14.3. The molecule has 0 bridgehead atoms. The number of hydrogen-bond donors (Lipinski definition) is 0. The molecule has 0 N–H and O–H groups in total. The summed E-state index contributed by atoms with van der Waals surface area (Å²) in [6.07, 6.45) is 0. The van der Waals surface area contributed by atoms with Crippen LogP contribution in [0.1, 0.15) is 111 Å². The Bertz CT molecular complexity index is 1250. The Labute approximate surface area is 254 Å². The van der Waals surface area contributed by atoms with Crippen LogP contribution in [0.25, 0.3) is 11.1 Å². The molecule has 0 saturated heterocycles. The SMILES string of the molecule is CC(C)=C1[C]([Zr+2])=C(C)C(C2c3cc(C(C)(C)C)ccc3-c3ccc(C(C)(C)C)cc32)=C1C(C)(C)C.[Cl-].[Cl-]. The van der Waals surface area contributed by atoms with Gasteiger partial charge in [0.1, 0.15) is 0 Å². The van der Waals surface area contributed by atoms with Gasteiger partial charge in [0.2, 0.25) is 0 Å². The summed E-state index contributed by atoms with van der Waals surface area (Å²) in [5.41, 5.74) is 16.6. The molecule has 2 aromatic carbocycles. The van der Waals surface area contributed by atoms with Gasteiger partial charge in [0.05, 0.1) is 0 Å². The Kier molecular flexibility index (Phi) is 9.26. The summed E-state index contributed by atoms with van der Waals surface area (Å²) < 4.78 is 1.55. The summed E-state index contributed by atoms with van der Waals surface area (Å²) in [5, 5.41) is 0. The van der Waals surface area contributed by atoms with Crippen LogP contribution < -0.4 is 24.8 Å². The monoisotopic (exact) mass is 611 g/mol. The summed E-state index contributed by atoms with van der Waals surface area (Å²) in [6.45, 7) is 28.2. The molecule has 0 aliphatic heterocycles. The van der Waals surface area contributed by atoms with Gasteiger partial charge in [-0.3, -0.25) is 0 Å². The average Bonchev–Trinajstić information content (AvgIpc) is 3.17. The summed E-state index contributed by atoms with van der Waals surface area (Å²) >= 11 is 1.52. The van der Waals surface area contributed by atoms with E-state index in [2.05, 4.69) is 119 Å². The van der Waals surface area contributed by atoms with Crippen molar-refractivity contribution in [2.45, 2.75) is 99.8 Å². The molecule has 0 radical (unpaired) electrons.